The molecule has 2 N–H and O–H groups in total. The third-order valence-electron chi connectivity index (χ3n) is 2.32. The summed E-state index contributed by atoms with van der Waals surface area (Å²) in [5.41, 5.74) is 0.554. The number of pyridine rings is 1. The van der Waals surface area contributed by atoms with Gasteiger partial charge in [0.2, 0.25) is 0 Å². The number of carbonyl (C=O) groups excluding carboxylic acids is 1. The quantitative estimate of drug-likeness (QED) is 0.587. The van der Waals surface area contributed by atoms with Gasteiger partial charge in [0.05, 0.1) is 32.0 Å². The molecule has 0 bridgehead atoms. The lowest BCUT2D eigenvalue weighted by atomic mass is 10.3. The SMILES string of the molecule is CNCCOCCOCCNC(=O)c1cccnc1. The van der Waals surface area contributed by atoms with Gasteiger partial charge in [-0.3, -0.25) is 9.78 Å². The third kappa shape index (κ3) is 7.50. The number of hydrogen-bond acceptors (Lipinski definition) is 5. The zero-order valence-corrected chi connectivity index (χ0v) is 11.2. The van der Waals surface area contributed by atoms with E-state index in [1.54, 1.807) is 18.3 Å². The maximum atomic E-state index is 11.6. The van der Waals surface area contributed by atoms with Crippen molar-refractivity contribution in [3.8, 4) is 0 Å². The van der Waals surface area contributed by atoms with Crippen LogP contribution in [0.5, 0.6) is 0 Å². The second-order valence-corrected chi connectivity index (χ2v) is 3.83. The van der Waals surface area contributed by atoms with Crippen LogP contribution in [0.4, 0.5) is 0 Å². The summed E-state index contributed by atoms with van der Waals surface area (Å²) in [5.74, 6) is -0.137. The molecule has 6 nitrogen and oxygen atoms in total. The van der Waals surface area contributed by atoms with Crippen LogP contribution < -0.4 is 10.6 Å². The van der Waals surface area contributed by atoms with Gasteiger partial charge < -0.3 is 20.1 Å². The van der Waals surface area contributed by atoms with E-state index in [4.69, 9.17) is 9.47 Å². The lowest BCUT2D eigenvalue weighted by Crippen LogP contribution is -2.27. The number of ether oxygens (including phenoxy) is 2. The molecule has 19 heavy (non-hydrogen) atoms. The van der Waals surface area contributed by atoms with E-state index in [0.29, 0.717) is 38.5 Å². The van der Waals surface area contributed by atoms with Crippen LogP contribution in [0.25, 0.3) is 0 Å². The number of aromatic nitrogens is 1. The molecule has 1 heterocycles. The first-order valence-electron chi connectivity index (χ1n) is 6.33. The molecule has 1 aromatic heterocycles. The van der Waals surface area contributed by atoms with Crippen LogP contribution in [-0.4, -0.2) is 57.5 Å². The minimum Gasteiger partial charge on any atom is -0.378 e. The van der Waals surface area contributed by atoms with Gasteiger partial charge in [0.1, 0.15) is 0 Å². The van der Waals surface area contributed by atoms with Crippen LogP contribution in [0.2, 0.25) is 0 Å². The summed E-state index contributed by atoms with van der Waals surface area (Å²) in [6.07, 6.45) is 3.17. The first kappa shape index (κ1) is 15.6. The van der Waals surface area contributed by atoms with Crippen LogP contribution in [0.1, 0.15) is 10.4 Å². The highest BCUT2D eigenvalue weighted by molar-refractivity contribution is 5.93. The van der Waals surface area contributed by atoms with Gasteiger partial charge in [-0.15, -0.1) is 0 Å². The van der Waals surface area contributed by atoms with Crippen LogP contribution in [0.3, 0.4) is 0 Å². The number of carbonyl (C=O) groups is 1. The minimum absolute atomic E-state index is 0.137. The molecule has 1 aromatic rings. The Kier molecular flexibility index (Phi) is 8.54. The summed E-state index contributed by atoms with van der Waals surface area (Å²) in [4.78, 5) is 15.5. The number of likely N-dealkylation sites (N-methyl/N-ethyl adjacent to an activating group) is 1. The van der Waals surface area contributed by atoms with Gasteiger partial charge >= 0.3 is 0 Å². The maximum Gasteiger partial charge on any atom is 0.252 e. The van der Waals surface area contributed by atoms with E-state index in [1.807, 2.05) is 7.05 Å². The Bertz CT molecular complexity index is 346. The van der Waals surface area contributed by atoms with E-state index in [1.165, 1.54) is 6.20 Å². The second-order valence-electron chi connectivity index (χ2n) is 3.83. The summed E-state index contributed by atoms with van der Waals surface area (Å²) < 4.78 is 10.6. The summed E-state index contributed by atoms with van der Waals surface area (Å²) in [7, 11) is 1.88. The molecule has 0 fully saturated rings. The molecule has 6 heteroatoms. The van der Waals surface area contributed by atoms with Crippen LogP contribution in [0.15, 0.2) is 24.5 Å². The number of hydrogen-bond donors (Lipinski definition) is 2. The lowest BCUT2D eigenvalue weighted by molar-refractivity contribution is 0.0497. The zero-order valence-electron chi connectivity index (χ0n) is 11.2. The molecule has 0 aromatic carbocycles. The van der Waals surface area contributed by atoms with Crippen LogP contribution in [0, 0.1) is 0 Å². The molecule has 0 atom stereocenters. The molecular formula is C13H21N3O3. The molecule has 0 unspecified atom stereocenters. The van der Waals surface area contributed by atoms with Gasteiger partial charge in [0.15, 0.2) is 0 Å². The van der Waals surface area contributed by atoms with Gasteiger partial charge in [0.25, 0.3) is 5.91 Å². The smallest absolute Gasteiger partial charge is 0.252 e. The largest absolute Gasteiger partial charge is 0.378 e. The lowest BCUT2D eigenvalue weighted by Gasteiger charge is -2.07. The Labute approximate surface area is 113 Å². The molecule has 0 saturated heterocycles. The molecule has 0 spiro atoms. The van der Waals surface area contributed by atoms with Crippen molar-refractivity contribution in [2.75, 3.05) is 46.6 Å². The van der Waals surface area contributed by atoms with Crippen molar-refractivity contribution in [2.24, 2.45) is 0 Å². The van der Waals surface area contributed by atoms with Crippen molar-refractivity contribution in [3.05, 3.63) is 30.1 Å². The highest BCUT2D eigenvalue weighted by Gasteiger charge is 2.03. The summed E-state index contributed by atoms with van der Waals surface area (Å²) >= 11 is 0. The van der Waals surface area contributed by atoms with E-state index < -0.39 is 0 Å². The fraction of sp³-hybridized carbons (Fsp3) is 0.538. The van der Waals surface area contributed by atoms with Gasteiger partial charge in [-0.1, -0.05) is 0 Å². The topological polar surface area (TPSA) is 72.5 Å². The average Bonchev–Trinajstić information content (AvgIpc) is 2.46. The second kappa shape index (κ2) is 10.4. The standard InChI is InChI=1S/C13H21N3O3/c1-14-5-7-18-9-10-19-8-6-16-13(17)12-3-2-4-15-11-12/h2-4,11,14H,5-10H2,1H3,(H,16,17). The Morgan fingerprint density at radius 2 is 1.95 bits per heavy atom. The van der Waals surface area contributed by atoms with Crippen LogP contribution in [-0.2, 0) is 9.47 Å². The molecule has 1 rings (SSSR count). The number of amides is 1. The number of nitrogens with zero attached hydrogens (tertiary/aromatic N) is 1. The van der Waals surface area contributed by atoms with Gasteiger partial charge in [-0.2, -0.15) is 0 Å². The Morgan fingerprint density at radius 3 is 2.58 bits per heavy atom. The van der Waals surface area contributed by atoms with E-state index in [-0.39, 0.29) is 5.91 Å². The van der Waals surface area contributed by atoms with E-state index in [0.717, 1.165) is 6.54 Å². The van der Waals surface area contributed by atoms with Crippen molar-refractivity contribution in [3.63, 3.8) is 0 Å². The molecule has 0 aliphatic heterocycles. The highest BCUT2D eigenvalue weighted by atomic mass is 16.5. The van der Waals surface area contributed by atoms with E-state index >= 15 is 0 Å². The summed E-state index contributed by atoms with van der Waals surface area (Å²) in [5, 5.41) is 5.74. The first-order valence-corrected chi connectivity index (χ1v) is 6.33. The summed E-state index contributed by atoms with van der Waals surface area (Å²) in [6, 6.07) is 3.45. The predicted octanol–water partition coefficient (Wildman–Crippen LogP) is 0.0640. The third-order valence-corrected chi connectivity index (χ3v) is 2.32. The average molecular weight is 267 g/mol. The number of nitrogens with one attached hydrogen (secondary N) is 2. The molecular weight excluding hydrogens is 246 g/mol. The van der Waals surface area contributed by atoms with Crippen molar-refractivity contribution in [1.82, 2.24) is 15.6 Å². The molecule has 106 valence electrons. The Morgan fingerprint density at radius 1 is 1.21 bits per heavy atom. The van der Waals surface area contributed by atoms with Crippen molar-refractivity contribution in [1.29, 1.82) is 0 Å². The Hall–Kier alpha value is -1.50. The Balaban J connectivity index is 1.95. The predicted molar refractivity (Wildman–Crippen MR) is 72.1 cm³/mol. The van der Waals surface area contributed by atoms with Crippen molar-refractivity contribution >= 4 is 5.91 Å². The first-order chi connectivity index (χ1) is 9.34. The van der Waals surface area contributed by atoms with Gasteiger partial charge in [0, 0.05) is 25.5 Å². The number of rotatable bonds is 10. The fourth-order valence-corrected chi connectivity index (χ4v) is 1.33. The van der Waals surface area contributed by atoms with Crippen molar-refractivity contribution < 1.29 is 14.3 Å². The minimum atomic E-state index is -0.137. The molecule has 0 aliphatic carbocycles. The highest BCUT2D eigenvalue weighted by Crippen LogP contribution is 1.94. The normalized spacial score (nSPS) is 10.4. The molecule has 0 radical (unpaired) electrons. The van der Waals surface area contributed by atoms with Gasteiger partial charge in [-0.25, -0.2) is 0 Å². The fourth-order valence-electron chi connectivity index (χ4n) is 1.33. The molecule has 1 amide bonds. The molecule has 0 aliphatic rings. The zero-order chi connectivity index (χ0) is 13.8. The van der Waals surface area contributed by atoms with Crippen molar-refractivity contribution in [2.45, 2.75) is 0 Å². The van der Waals surface area contributed by atoms with E-state index in [9.17, 15) is 4.79 Å². The van der Waals surface area contributed by atoms with E-state index in [2.05, 4.69) is 15.6 Å². The molecule has 0 saturated carbocycles. The summed E-state index contributed by atoms with van der Waals surface area (Å²) in [6.45, 7) is 3.56. The maximum absolute atomic E-state index is 11.6. The monoisotopic (exact) mass is 267 g/mol. The van der Waals surface area contributed by atoms with Gasteiger partial charge in [-0.05, 0) is 19.2 Å². The van der Waals surface area contributed by atoms with Crippen LogP contribution >= 0.6 is 0 Å².